The maximum atomic E-state index is 12.0. The molecular formula is C12H18BrNOS. The zero-order valence-corrected chi connectivity index (χ0v) is 12.6. The Morgan fingerprint density at radius 3 is 2.62 bits per heavy atom. The van der Waals surface area contributed by atoms with E-state index in [1.165, 1.54) is 11.3 Å². The normalized spacial score (nSPS) is 12.1. The predicted octanol–water partition coefficient (Wildman–Crippen LogP) is 3.81. The van der Waals surface area contributed by atoms with Crippen molar-refractivity contribution in [1.82, 2.24) is 4.90 Å². The van der Waals surface area contributed by atoms with Gasteiger partial charge < -0.3 is 0 Å². The molecule has 0 spiro atoms. The lowest BCUT2D eigenvalue weighted by atomic mass is 10.00. The highest BCUT2D eigenvalue weighted by atomic mass is 79.9. The molecule has 0 N–H and O–H groups in total. The minimum atomic E-state index is 0.0688. The van der Waals surface area contributed by atoms with Crippen LogP contribution in [-0.4, -0.2) is 29.8 Å². The summed E-state index contributed by atoms with van der Waals surface area (Å²) in [6.07, 6.45) is 1.03. The van der Waals surface area contributed by atoms with E-state index >= 15 is 0 Å². The number of nitrogens with zero attached hydrogens (tertiary/aromatic N) is 1. The van der Waals surface area contributed by atoms with Crippen LogP contribution in [-0.2, 0) is 0 Å². The second-order valence-electron chi connectivity index (χ2n) is 4.54. The van der Waals surface area contributed by atoms with E-state index in [2.05, 4.69) is 41.6 Å². The SMILES string of the molecule is CCC(C)(C)N(C)CC(=O)c1sccc1Br. The van der Waals surface area contributed by atoms with E-state index < -0.39 is 0 Å². The van der Waals surface area contributed by atoms with Gasteiger partial charge in [0, 0.05) is 10.0 Å². The maximum Gasteiger partial charge on any atom is 0.187 e. The summed E-state index contributed by atoms with van der Waals surface area (Å²) in [5.41, 5.74) is 0.0688. The van der Waals surface area contributed by atoms with Crippen LogP contribution in [0.25, 0.3) is 0 Å². The van der Waals surface area contributed by atoms with Crippen molar-refractivity contribution in [2.45, 2.75) is 32.7 Å². The highest BCUT2D eigenvalue weighted by Gasteiger charge is 2.24. The molecule has 90 valence electrons. The summed E-state index contributed by atoms with van der Waals surface area (Å²) in [5, 5.41) is 1.93. The summed E-state index contributed by atoms with van der Waals surface area (Å²) >= 11 is 4.89. The van der Waals surface area contributed by atoms with E-state index in [0.29, 0.717) is 6.54 Å². The molecule has 4 heteroatoms. The van der Waals surface area contributed by atoms with Gasteiger partial charge in [0.05, 0.1) is 11.4 Å². The van der Waals surface area contributed by atoms with Crippen LogP contribution in [0.15, 0.2) is 15.9 Å². The minimum absolute atomic E-state index is 0.0688. The Labute approximate surface area is 110 Å². The van der Waals surface area contributed by atoms with E-state index in [0.717, 1.165) is 15.8 Å². The molecule has 2 nitrogen and oxygen atoms in total. The van der Waals surface area contributed by atoms with Crippen LogP contribution in [0, 0.1) is 0 Å². The predicted molar refractivity (Wildman–Crippen MR) is 73.3 cm³/mol. The Hall–Kier alpha value is -0.190. The molecule has 0 aliphatic carbocycles. The summed E-state index contributed by atoms with van der Waals surface area (Å²) in [6.45, 7) is 6.93. The highest BCUT2D eigenvalue weighted by Crippen LogP contribution is 2.24. The third-order valence-electron chi connectivity index (χ3n) is 3.15. The van der Waals surface area contributed by atoms with Crippen molar-refractivity contribution in [3.05, 3.63) is 20.8 Å². The first kappa shape index (κ1) is 13.9. The summed E-state index contributed by atoms with van der Waals surface area (Å²) in [7, 11) is 2.00. The van der Waals surface area contributed by atoms with Gasteiger partial charge in [-0.25, -0.2) is 0 Å². The van der Waals surface area contributed by atoms with Crippen LogP contribution in [0.5, 0.6) is 0 Å². The van der Waals surface area contributed by atoms with Gasteiger partial charge in [0.2, 0.25) is 0 Å². The Kier molecular flexibility index (Phi) is 4.71. The molecule has 0 saturated heterocycles. The summed E-state index contributed by atoms with van der Waals surface area (Å²) in [5.74, 6) is 0.186. The molecule has 0 aromatic carbocycles. The lowest BCUT2D eigenvalue weighted by Gasteiger charge is -2.34. The van der Waals surface area contributed by atoms with Crippen molar-refractivity contribution in [2.24, 2.45) is 0 Å². The number of halogens is 1. The van der Waals surface area contributed by atoms with Gasteiger partial charge >= 0.3 is 0 Å². The molecule has 1 heterocycles. The molecule has 0 bridgehead atoms. The van der Waals surface area contributed by atoms with Crippen LogP contribution in [0.3, 0.4) is 0 Å². The first-order valence-corrected chi connectivity index (χ1v) is 7.03. The monoisotopic (exact) mass is 303 g/mol. The number of hydrogen-bond donors (Lipinski definition) is 0. The third kappa shape index (κ3) is 3.15. The van der Waals surface area contributed by atoms with Crippen LogP contribution >= 0.6 is 27.3 Å². The zero-order valence-electron chi connectivity index (χ0n) is 10.2. The summed E-state index contributed by atoms with van der Waals surface area (Å²) in [4.78, 5) is 15.0. The Balaban J connectivity index is 2.69. The number of ketones is 1. The fraction of sp³-hybridized carbons (Fsp3) is 0.583. The molecule has 0 aliphatic heterocycles. The van der Waals surface area contributed by atoms with Crippen molar-refractivity contribution in [1.29, 1.82) is 0 Å². The molecule has 0 fully saturated rings. The Morgan fingerprint density at radius 2 is 2.19 bits per heavy atom. The lowest BCUT2D eigenvalue weighted by Crippen LogP contribution is -2.43. The molecular weight excluding hydrogens is 286 g/mol. The van der Waals surface area contributed by atoms with Crippen molar-refractivity contribution < 1.29 is 4.79 Å². The smallest absolute Gasteiger partial charge is 0.187 e. The molecule has 1 rings (SSSR count). The second kappa shape index (κ2) is 5.43. The second-order valence-corrected chi connectivity index (χ2v) is 6.31. The number of Topliss-reactive ketones (excluding diaryl/α,β-unsaturated/α-hetero) is 1. The maximum absolute atomic E-state index is 12.0. The van der Waals surface area contributed by atoms with E-state index in [4.69, 9.17) is 0 Å². The first-order chi connectivity index (χ1) is 7.38. The highest BCUT2D eigenvalue weighted by molar-refractivity contribution is 9.10. The van der Waals surface area contributed by atoms with Gasteiger partial charge in [-0.1, -0.05) is 6.92 Å². The van der Waals surface area contributed by atoms with E-state index in [1.54, 1.807) is 0 Å². The summed E-state index contributed by atoms with van der Waals surface area (Å²) in [6, 6.07) is 1.92. The molecule has 1 aromatic heterocycles. The molecule has 0 amide bonds. The van der Waals surface area contributed by atoms with Gasteiger partial charge in [-0.15, -0.1) is 11.3 Å². The van der Waals surface area contributed by atoms with Gasteiger partial charge in [0.1, 0.15) is 0 Å². The quantitative estimate of drug-likeness (QED) is 0.771. The number of carbonyl (C=O) groups excluding carboxylic acids is 1. The zero-order chi connectivity index (χ0) is 12.3. The van der Waals surface area contributed by atoms with Gasteiger partial charge in [-0.2, -0.15) is 0 Å². The topological polar surface area (TPSA) is 20.3 Å². The molecule has 0 radical (unpaired) electrons. The molecule has 16 heavy (non-hydrogen) atoms. The molecule has 1 aromatic rings. The van der Waals surface area contributed by atoms with Gasteiger partial charge in [-0.05, 0) is 54.7 Å². The van der Waals surface area contributed by atoms with E-state index in [1.807, 2.05) is 18.5 Å². The standard InChI is InChI=1S/C12H18BrNOS/c1-5-12(2,3)14(4)8-10(15)11-9(13)6-7-16-11/h6-7H,5,8H2,1-4H3. The van der Waals surface area contributed by atoms with E-state index in [9.17, 15) is 4.79 Å². The number of carbonyl (C=O) groups is 1. The molecule has 0 unspecified atom stereocenters. The molecule has 0 saturated carbocycles. The van der Waals surface area contributed by atoms with Crippen molar-refractivity contribution in [3.8, 4) is 0 Å². The van der Waals surface area contributed by atoms with Gasteiger partial charge in [0.25, 0.3) is 0 Å². The van der Waals surface area contributed by atoms with Crippen molar-refractivity contribution >= 4 is 33.0 Å². The third-order valence-corrected chi connectivity index (χ3v) is 5.03. The number of thiophene rings is 1. The average Bonchev–Trinajstić information content (AvgIpc) is 2.64. The minimum Gasteiger partial charge on any atom is -0.294 e. The van der Waals surface area contributed by atoms with Crippen molar-refractivity contribution in [2.75, 3.05) is 13.6 Å². The summed E-state index contributed by atoms with van der Waals surface area (Å²) < 4.78 is 0.908. The number of hydrogen-bond acceptors (Lipinski definition) is 3. The van der Waals surface area contributed by atoms with Crippen LogP contribution in [0.2, 0.25) is 0 Å². The average molecular weight is 304 g/mol. The number of likely N-dealkylation sites (N-methyl/N-ethyl adjacent to an activating group) is 1. The van der Waals surface area contributed by atoms with Gasteiger partial charge in [-0.3, -0.25) is 9.69 Å². The van der Waals surface area contributed by atoms with E-state index in [-0.39, 0.29) is 11.3 Å². The fourth-order valence-electron chi connectivity index (χ4n) is 1.26. The fourth-order valence-corrected chi connectivity index (χ4v) is 2.79. The first-order valence-electron chi connectivity index (χ1n) is 5.36. The number of rotatable bonds is 5. The van der Waals surface area contributed by atoms with Crippen molar-refractivity contribution in [3.63, 3.8) is 0 Å². The Morgan fingerprint density at radius 1 is 1.56 bits per heavy atom. The molecule has 0 aliphatic rings. The lowest BCUT2D eigenvalue weighted by molar-refractivity contribution is 0.0850. The van der Waals surface area contributed by atoms with Crippen LogP contribution in [0.4, 0.5) is 0 Å². The van der Waals surface area contributed by atoms with Gasteiger partial charge in [0.15, 0.2) is 5.78 Å². The largest absolute Gasteiger partial charge is 0.294 e. The Bertz CT molecular complexity index is 373. The molecule has 0 atom stereocenters. The van der Waals surface area contributed by atoms with Crippen LogP contribution < -0.4 is 0 Å². The van der Waals surface area contributed by atoms with Crippen LogP contribution in [0.1, 0.15) is 36.9 Å².